The summed E-state index contributed by atoms with van der Waals surface area (Å²) in [6.07, 6.45) is 3.74. The topological polar surface area (TPSA) is 64.1 Å². The fourth-order valence-corrected chi connectivity index (χ4v) is 4.13. The van der Waals surface area contributed by atoms with Gasteiger partial charge in [0.05, 0.1) is 23.1 Å². The van der Waals surface area contributed by atoms with Gasteiger partial charge in [0.25, 0.3) is 0 Å². The second kappa shape index (κ2) is 7.16. The van der Waals surface area contributed by atoms with Crippen molar-refractivity contribution in [2.45, 2.75) is 51.6 Å². The summed E-state index contributed by atoms with van der Waals surface area (Å²) in [5, 5.41) is 3.30. The first-order chi connectivity index (χ1) is 12.6. The number of nitrogens with one attached hydrogen (secondary N) is 1. The normalized spacial score (nSPS) is 22.3. The highest BCUT2D eigenvalue weighted by Crippen LogP contribution is 2.34. The maximum atomic E-state index is 12.8. The van der Waals surface area contributed by atoms with Gasteiger partial charge in [0.15, 0.2) is 5.78 Å². The Balaban J connectivity index is 1.58. The van der Waals surface area contributed by atoms with Crippen molar-refractivity contribution in [3.8, 4) is 0 Å². The molecule has 26 heavy (non-hydrogen) atoms. The molecular weight excluding hydrogens is 326 g/mol. The Hall–Kier alpha value is -2.27. The molecule has 2 aromatic rings. The molecule has 0 radical (unpaired) electrons. The molecule has 0 saturated carbocycles. The SMILES string of the molecule is Cc1ccccc1[C@@H]1CC(=O)c2c(C)nc(NC[C@H]3CCCO3)nc2C1. The minimum atomic E-state index is 0.155. The van der Waals surface area contributed by atoms with Gasteiger partial charge in [-0.05, 0) is 50.2 Å². The average molecular weight is 351 g/mol. The zero-order chi connectivity index (χ0) is 18.1. The maximum Gasteiger partial charge on any atom is 0.223 e. The minimum absolute atomic E-state index is 0.155. The number of benzene rings is 1. The van der Waals surface area contributed by atoms with Gasteiger partial charge in [0.1, 0.15) is 0 Å². The van der Waals surface area contributed by atoms with E-state index in [0.717, 1.165) is 42.8 Å². The van der Waals surface area contributed by atoms with Crippen molar-refractivity contribution in [1.82, 2.24) is 9.97 Å². The summed E-state index contributed by atoms with van der Waals surface area (Å²) in [5.74, 6) is 0.953. The second-order valence-corrected chi connectivity index (χ2v) is 7.36. The summed E-state index contributed by atoms with van der Waals surface area (Å²) >= 11 is 0. The Labute approximate surface area is 154 Å². The van der Waals surface area contributed by atoms with Crippen LogP contribution in [0.5, 0.6) is 0 Å². The molecule has 1 aromatic heterocycles. The zero-order valence-electron chi connectivity index (χ0n) is 15.4. The average Bonchev–Trinajstić information content (AvgIpc) is 3.13. The molecule has 0 unspecified atom stereocenters. The van der Waals surface area contributed by atoms with Crippen LogP contribution in [0.3, 0.4) is 0 Å². The Morgan fingerprint density at radius 1 is 1.19 bits per heavy atom. The number of carbonyl (C=O) groups excluding carboxylic acids is 1. The molecule has 0 amide bonds. The molecule has 2 heterocycles. The van der Waals surface area contributed by atoms with Crippen LogP contribution in [0.15, 0.2) is 24.3 Å². The van der Waals surface area contributed by atoms with E-state index in [0.29, 0.717) is 18.9 Å². The molecule has 4 rings (SSSR count). The van der Waals surface area contributed by atoms with Crippen LogP contribution in [0.25, 0.3) is 0 Å². The van der Waals surface area contributed by atoms with Gasteiger partial charge in [0.2, 0.25) is 5.95 Å². The quantitative estimate of drug-likeness (QED) is 0.912. The molecule has 1 aliphatic carbocycles. The highest BCUT2D eigenvalue weighted by atomic mass is 16.5. The number of hydrogen-bond acceptors (Lipinski definition) is 5. The summed E-state index contributed by atoms with van der Waals surface area (Å²) in [6, 6.07) is 8.32. The number of hydrogen-bond donors (Lipinski definition) is 1. The van der Waals surface area contributed by atoms with E-state index in [1.54, 1.807) is 0 Å². The van der Waals surface area contributed by atoms with Crippen molar-refractivity contribution >= 4 is 11.7 Å². The molecule has 1 aliphatic heterocycles. The number of ether oxygens (including phenoxy) is 1. The molecule has 5 heteroatoms. The van der Waals surface area contributed by atoms with Crippen LogP contribution < -0.4 is 5.32 Å². The number of aryl methyl sites for hydroxylation is 2. The third-order valence-corrected chi connectivity index (χ3v) is 5.46. The van der Waals surface area contributed by atoms with Crippen molar-refractivity contribution in [3.05, 3.63) is 52.3 Å². The molecule has 0 bridgehead atoms. The fraction of sp³-hybridized carbons (Fsp3) is 0.476. The van der Waals surface area contributed by atoms with Crippen molar-refractivity contribution in [2.24, 2.45) is 0 Å². The Morgan fingerprint density at radius 3 is 2.81 bits per heavy atom. The van der Waals surface area contributed by atoms with Crippen LogP contribution in [-0.4, -0.2) is 35.0 Å². The number of fused-ring (bicyclic) bond motifs is 1. The molecular formula is C21H25N3O2. The van der Waals surface area contributed by atoms with Crippen LogP contribution in [-0.2, 0) is 11.2 Å². The van der Waals surface area contributed by atoms with E-state index in [-0.39, 0.29) is 17.8 Å². The molecule has 0 spiro atoms. The van der Waals surface area contributed by atoms with E-state index in [1.807, 2.05) is 19.1 Å². The molecule has 1 N–H and O–H groups in total. The lowest BCUT2D eigenvalue weighted by Crippen LogP contribution is -2.25. The number of rotatable bonds is 4. The zero-order valence-corrected chi connectivity index (χ0v) is 15.4. The van der Waals surface area contributed by atoms with Crippen LogP contribution in [0, 0.1) is 13.8 Å². The lowest BCUT2D eigenvalue weighted by atomic mass is 9.80. The summed E-state index contributed by atoms with van der Waals surface area (Å²) in [6.45, 7) is 5.56. The van der Waals surface area contributed by atoms with Gasteiger partial charge in [-0.1, -0.05) is 24.3 Å². The molecule has 5 nitrogen and oxygen atoms in total. The Kier molecular flexibility index (Phi) is 4.72. The molecule has 1 fully saturated rings. The van der Waals surface area contributed by atoms with Gasteiger partial charge < -0.3 is 10.1 Å². The van der Waals surface area contributed by atoms with Gasteiger partial charge in [-0.25, -0.2) is 9.97 Å². The number of nitrogens with zero attached hydrogens (tertiary/aromatic N) is 2. The largest absolute Gasteiger partial charge is 0.376 e. The second-order valence-electron chi connectivity index (χ2n) is 7.36. The minimum Gasteiger partial charge on any atom is -0.376 e. The number of ketones is 1. The van der Waals surface area contributed by atoms with Crippen LogP contribution in [0.2, 0.25) is 0 Å². The third-order valence-electron chi connectivity index (χ3n) is 5.46. The van der Waals surface area contributed by atoms with E-state index in [2.05, 4.69) is 29.4 Å². The van der Waals surface area contributed by atoms with E-state index >= 15 is 0 Å². The summed E-state index contributed by atoms with van der Waals surface area (Å²) in [5.41, 5.74) is 4.85. The first kappa shape index (κ1) is 17.2. The first-order valence-corrected chi connectivity index (χ1v) is 9.43. The van der Waals surface area contributed by atoms with Crippen molar-refractivity contribution in [2.75, 3.05) is 18.5 Å². The van der Waals surface area contributed by atoms with Crippen molar-refractivity contribution < 1.29 is 9.53 Å². The molecule has 2 aliphatic rings. The molecule has 1 aromatic carbocycles. The summed E-state index contributed by atoms with van der Waals surface area (Å²) in [4.78, 5) is 22.0. The third kappa shape index (κ3) is 3.36. The predicted molar refractivity (Wildman–Crippen MR) is 101 cm³/mol. The molecule has 2 atom stereocenters. The number of aromatic nitrogens is 2. The van der Waals surface area contributed by atoms with Crippen LogP contribution >= 0.6 is 0 Å². The Morgan fingerprint density at radius 2 is 2.04 bits per heavy atom. The highest BCUT2D eigenvalue weighted by molar-refractivity contribution is 5.99. The van der Waals surface area contributed by atoms with Gasteiger partial charge in [-0.2, -0.15) is 0 Å². The smallest absolute Gasteiger partial charge is 0.223 e. The number of Topliss-reactive ketones (excluding diaryl/α,β-unsaturated/α-hetero) is 1. The van der Waals surface area contributed by atoms with Crippen molar-refractivity contribution in [3.63, 3.8) is 0 Å². The van der Waals surface area contributed by atoms with Crippen LogP contribution in [0.4, 0.5) is 5.95 Å². The lowest BCUT2D eigenvalue weighted by molar-refractivity contribution is 0.0961. The van der Waals surface area contributed by atoms with E-state index in [9.17, 15) is 4.79 Å². The molecule has 136 valence electrons. The van der Waals surface area contributed by atoms with Crippen LogP contribution in [0.1, 0.15) is 58.1 Å². The predicted octanol–water partition coefficient (Wildman–Crippen LogP) is 3.60. The first-order valence-electron chi connectivity index (χ1n) is 9.43. The standard InChI is InChI=1S/C21H25N3O2/c1-13-6-3-4-8-17(13)15-10-18-20(19(25)11-15)14(2)23-21(24-18)22-12-16-7-5-9-26-16/h3-4,6,8,15-16H,5,7,9-12H2,1-2H3,(H,22,23,24)/t15-,16+/m0/s1. The van der Waals surface area contributed by atoms with E-state index in [1.165, 1.54) is 11.1 Å². The monoisotopic (exact) mass is 351 g/mol. The van der Waals surface area contributed by atoms with Gasteiger partial charge >= 0.3 is 0 Å². The van der Waals surface area contributed by atoms with Gasteiger partial charge in [0, 0.05) is 19.6 Å². The fourth-order valence-electron chi connectivity index (χ4n) is 4.13. The summed E-state index contributed by atoms with van der Waals surface area (Å²) in [7, 11) is 0. The number of carbonyl (C=O) groups is 1. The van der Waals surface area contributed by atoms with Gasteiger partial charge in [-0.3, -0.25) is 4.79 Å². The van der Waals surface area contributed by atoms with E-state index in [4.69, 9.17) is 9.72 Å². The van der Waals surface area contributed by atoms with E-state index < -0.39 is 0 Å². The highest BCUT2D eigenvalue weighted by Gasteiger charge is 2.30. The van der Waals surface area contributed by atoms with Crippen molar-refractivity contribution in [1.29, 1.82) is 0 Å². The number of anilines is 1. The Bertz CT molecular complexity index is 828. The summed E-state index contributed by atoms with van der Waals surface area (Å²) < 4.78 is 5.65. The maximum absolute atomic E-state index is 12.8. The van der Waals surface area contributed by atoms with Gasteiger partial charge in [-0.15, -0.1) is 0 Å². The lowest BCUT2D eigenvalue weighted by Gasteiger charge is -2.26. The molecule has 1 saturated heterocycles.